The van der Waals surface area contributed by atoms with Crippen molar-refractivity contribution in [3.05, 3.63) is 56.2 Å². The number of carbonyl (C=O) groups excluding carboxylic acids is 1. The quantitative estimate of drug-likeness (QED) is 0.332. The molecule has 1 aromatic carbocycles. The number of fused-ring (bicyclic) bond motifs is 1. The normalized spacial score (nSPS) is 12.1. The van der Waals surface area contributed by atoms with E-state index in [1.54, 1.807) is 20.3 Å². The second kappa shape index (κ2) is 8.91. The van der Waals surface area contributed by atoms with Crippen LogP contribution in [0.5, 0.6) is 5.75 Å². The zero-order chi connectivity index (χ0) is 20.1. The van der Waals surface area contributed by atoms with Crippen molar-refractivity contribution >= 4 is 49.9 Å². The Morgan fingerprint density at radius 1 is 1.29 bits per heavy atom. The molecule has 0 aliphatic carbocycles. The smallest absolute Gasteiger partial charge is 0.324 e. The van der Waals surface area contributed by atoms with E-state index in [0.717, 1.165) is 27.3 Å². The average Bonchev–Trinajstić information content (AvgIpc) is 3.29. The van der Waals surface area contributed by atoms with Crippen LogP contribution >= 0.6 is 22.7 Å². The van der Waals surface area contributed by atoms with Gasteiger partial charge in [-0.05, 0) is 30.3 Å². The molecule has 0 spiro atoms. The zero-order valence-corrected chi connectivity index (χ0v) is 16.8. The minimum absolute atomic E-state index is 0.0277. The topological polar surface area (TPSA) is 96.0 Å². The number of nitrogens with zero attached hydrogens (tertiary/aromatic N) is 3. The number of benzene rings is 1. The lowest BCUT2D eigenvalue weighted by Gasteiger charge is -2.04. The van der Waals surface area contributed by atoms with Gasteiger partial charge in [-0.15, -0.1) is 0 Å². The number of amides is 1. The Labute approximate surface area is 168 Å². The van der Waals surface area contributed by atoms with Gasteiger partial charge >= 0.3 is 5.00 Å². The number of nitro groups is 1. The maximum Gasteiger partial charge on any atom is 0.324 e. The maximum atomic E-state index is 12.3. The average molecular weight is 419 g/mol. The van der Waals surface area contributed by atoms with Crippen LogP contribution in [0.25, 0.3) is 16.3 Å². The van der Waals surface area contributed by atoms with Gasteiger partial charge in [0.05, 0.1) is 28.9 Å². The molecular weight excluding hydrogens is 402 g/mol. The molecular formula is C18H17N3O5S2. The second-order valence-corrected chi connectivity index (χ2v) is 7.68. The molecule has 0 bridgehead atoms. The lowest BCUT2D eigenvalue weighted by molar-refractivity contribution is -0.380. The van der Waals surface area contributed by atoms with Crippen molar-refractivity contribution < 1.29 is 19.2 Å². The summed E-state index contributed by atoms with van der Waals surface area (Å²) < 4.78 is 13.3. The van der Waals surface area contributed by atoms with E-state index < -0.39 is 10.8 Å². The van der Waals surface area contributed by atoms with Gasteiger partial charge in [-0.3, -0.25) is 14.9 Å². The predicted octanol–water partition coefficient (Wildman–Crippen LogP) is 3.47. The lowest BCUT2D eigenvalue weighted by Crippen LogP contribution is -2.18. The number of thiazole rings is 1. The Balaban J connectivity index is 1.93. The monoisotopic (exact) mass is 419 g/mol. The van der Waals surface area contributed by atoms with E-state index in [1.807, 2.05) is 22.8 Å². The highest BCUT2D eigenvalue weighted by molar-refractivity contribution is 7.16. The van der Waals surface area contributed by atoms with Crippen molar-refractivity contribution in [1.29, 1.82) is 0 Å². The fourth-order valence-electron chi connectivity index (χ4n) is 2.48. The molecule has 2 aromatic heterocycles. The Hall–Kier alpha value is -2.82. The first-order chi connectivity index (χ1) is 13.5. The van der Waals surface area contributed by atoms with E-state index in [1.165, 1.54) is 29.6 Å². The van der Waals surface area contributed by atoms with Crippen molar-refractivity contribution in [2.24, 2.45) is 4.99 Å². The number of methoxy groups -OCH3 is 2. The van der Waals surface area contributed by atoms with E-state index >= 15 is 0 Å². The molecule has 8 nitrogen and oxygen atoms in total. The van der Waals surface area contributed by atoms with Gasteiger partial charge in [-0.1, -0.05) is 22.7 Å². The van der Waals surface area contributed by atoms with Gasteiger partial charge in [-0.2, -0.15) is 4.99 Å². The first-order valence-electron chi connectivity index (χ1n) is 8.19. The van der Waals surface area contributed by atoms with Crippen molar-refractivity contribution in [3.8, 4) is 5.75 Å². The van der Waals surface area contributed by atoms with Gasteiger partial charge in [0, 0.05) is 30.7 Å². The molecule has 0 aliphatic heterocycles. The summed E-state index contributed by atoms with van der Waals surface area (Å²) in [5.74, 6) is 0.283. The highest BCUT2D eigenvalue weighted by atomic mass is 32.1. The third-order valence-corrected chi connectivity index (χ3v) is 5.84. The molecule has 146 valence electrons. The summed E-state index contributed by atoms with van der Waals surface area (Å²) in [6.45, 7) is 1.03. The van der Waals surface area contributed by atoms with Crippen molar-refractivity contribution in [1.82, 2.24) is 4.57 Å². The minimum atomic E-state index is -0.460. The van der Waals surface area contributed by atoms with Gasteiger partial charge in [0.15, 0.2) is 4.80 Å². The molecule has 28 heavy (non-hydrogen) atoms. The van der Waals surface area contributed by atoms with Crippen LogP contribution in [-0.4, -0.2) is 36.2 Å². The van der Waals surface area contributed by atoms with Crippen molar-refractivity contribution in [3.63, 3.8) is 0 Å². The first-order valence-corrected chi connectivity index (χ1v) is 9.82. The van der Waals surface area contributed by atoms with E-state index in [-0.39, 0.29) is 5.00 Å². The second-order valence-electron chi connectivity index (χ2n) is 5.58. The van der Waals surface area contributed by atoms with Gasteiger partial charge in [0.25, 0.3) is 5.91 Å². The van der Waals surface area contributed by atoms with Crippen LogP contribution in [0.3, 0.4) is 0 Å². The van der Waals surface area contributed by atoms with Crippen LogP contribution in [0.1, 0.15) is 4.88 Å². The Morgan fingerprint density at radius 2 is 2.11 bits per heavy atom. The van der Waals surface area contributed by atoms with Gasteiger partial charge in [-0.25, -0.2) is 0 Å². The highest BCUT2D eigenvalue weighted by Crippen LogP contribution is 2.25. The molecule has 3 rings (SSSR count). The molecule has 10 heteroatoms. The fraction of sp³-hybridized carbons (Fsp3) is 0.222. The zero-order valence-electron chi connectivity index (χ0n) is 15.2. The number of thiophene rings is 1. The van der Waals surface area contributed by atoms with Crippen LogP contribution < -0.4 is 9.54 Å². The number of aromatic nitrogens is 1. The van der Waals surface area contributed by atoms with Gasteiger partial charge < -0.3 is 14.0 Å². The number of hydrogen-bond acceptors (Lipinski definition) is 7. The third-order valence-electron chi connectivity index (χ3n) is 3.80. The van der Waals surface area contributed by atoms with Gasteiger partial charge in [0.2, 0.25) is 0 Å². The summed E-state index contributed by atoms with van der Waals surface area (Å²) in [5.41, 5.74) is 0.937. The van der Waals surface area contributed by atoms with Crippen LogP contribution in [0.4, 0.5) is 5.00 Å². The Morgan fingerprint density at radius 3 is 2.79 bits per heavy atom. The molecule has 0 N–H and O–H groups in total. The van der Waals surface area contributed by atoms with Crippen LogP contribution in [0.15, 0.2) is 41.4 Å². The Bertz CT molecular complexity index is 1110. The van der Waals surface area contributed by atoms with Crippen LogP contribution in [0, 0.1) is 10.1 Å². The van der Waals surface area contributed by atoms with Crippen LogP contribution in [-0.2, 0) is 16.1 Å². The lowest BCUT2D eigenvalue weighted by atomic mass is 10.3. The number of hydrogen-bond donors (Lipinski definition) is 0. The summed E-state index contributed by atoms with van der Waals surface area (Å²) >= 11 is 2.38. The number of ether oxygens (including phenoxy) is 2. The molecule has 0 unspecified atom stereocenters. The van der Waals surface area contributed by atoms with E-state index in [4.69, 9.17) is 9.47 Å². The summed E-state index contributed by atoms with van der Waals surface area (Å²) in [6.07, 6.45) is 2.83. The SMILES string of the molecule is COCCn1c(=NC(=O)C=Cc2ccc([N+](=O)[O-])s2)sc2cc(OC)ccc21. The van der Waals surface area contributed by atoms with Crippen molar-refractivity contribution in [2.75, 3.05) is 20.8 Å². The molecule has 0 radical (unpaired) electrons. The molecule has 3 aromatic rings. The summed E-state index contributed by atoms with van der Waals surface area (Å²) in [5, 5.41) is 10.8. The fourth-order valence-corrected chi connectivity index (χ4v) is 4.29. The largest absolute Gasteiger partial charge is 0.497 e. The van der Waals surface area contributed by atoms with E-state index in [9.17, 15) is 14.9 Å². The van der Waals surface area contributed by atoms with Gasteiger partial charge in [0.1, 0.15) is 5.75 Å². The number of rotatable bonds is 7. The molecule has 2 heterocycles. The first kappa shape index (κ1) is 19.9. The van der Waals surface area contributed by atoms with Crippen LogP contribution in [0.2, 0.25) is 0 Å². The Kier molecular flexibility index (Phi) is 6.34. The molecule has 0 fully saturated rings. The number of carbonyl (C=O) groups is 1. The maximum absolute atomic E-state index is 12.3. The van der Waals surface area contributed by atoms with E-state index in [0.29, 0.717) is 22.8 Å². The molecule has 0 saturated carbocycles. The molecule has 0 aliphatic rings. The molecule has 1 amide bonds. The van der Waals surface area contributed by atoms with E-state index in [2.05, 4.69) is 4.99 Å². The van der Waals surface area contributed by atoms with Crippen molar-refractivity contribution in [2.45, 2.75) is 6.54 Å². The summed E-state index contributed by atoms with van der Waals surface area (Å²) in [4.78, 5) is 27.9. The highest BCUT2D eigenvalue weighted by Gasteiger charge is 2.10. The summed E-state index contributed by atoms with van der Waals surface area (Å²) in [6, 6.07) is 8.67. The summed E-state index contributed by atoms with van der Waals surface area (Å²) in [7, 11) is 3.21. The minimum Gasteiger partial charge on any atom is -0.497 e. The predicted molar refractivity (Wildman–Crippen MR) is 109 cm³/mol. The molecule has 0 atom stereocenters. The molecule has 0 saturated heterocycles. The third kappa shape index (κ3) is 4.53. The standard InChI is InChI=1S/C18H17N3O5S2/c1-25-10-9-20-14-6-3-12(26-2)11-15(14)28-18(20)19-16(22)7-4-13-5-8-17(27-13)21(23)24/h3-8,11H,9-10H2,1-2H3.